The number of nitro groups is 1. The maximum atomic E-state index is 10.9. The monoisotopic (exact) mass is 255 g/mol. The van der Waals surface area contributed by atoms with E-state index in [1.807, 2.05) is 26.0 Å². The van der Waals surface area contributed by atoms with Crippen LogP contribution in [0.2, 0.25) is 0 Å². The minimum absolute atomic E-state index is 0.265. The quantitative estimate of drug-likeness (QED) is 0.344. The molecule has 0 radical (unpaired) electrons. The van der Waals surface area contributed by atoms with Gasteiger partial charge in [0, 0.05) is 11.5 Å². The highest BCUT2D eigenvalue weighted by molar-refractivity contribution is 7.82. The normalized spacial score (nSPS) is 41.4. The molecule has 0 saturated carbocycles. The zero-order chi connectivity index (χ0) is 13.3. The van der Waals surface area contributed by atoms with E-state index in [1.165, 1.54) is 12.2 Å². The molecule has 94 valence electrons. The SMILES string of the molecule is CCC1(C)/C=C\C(C)(S)/C=C(O)\C([N+](=O)[O-])=C/1. The molecule has 2 unspecified atom stereocenters. The van der Waals surface area contributed by atoms with E-state index in [9.17, 15) is 15.2 Å². The third-order valence-electron chi connectivity index (χ3n) is 2.92. The lowest BCUT2D eigenvalue weighted by atomic mass is 9.83. The highest BCUT2D eigenvalue weighted by atomic mass is 32.1. The molecular weight excluding hydrogens is 238 g/mol. The molecule has 0 saturated heterocycles. The van der Waals surface area contributed by atoms with Crippen LogP contribution < -0.4 is 0 Å². The predicted molar refractivity (Wildman–Crippen MR) is 70.7 cm³/mol. The van der Waals surface area contributed by atoms with Crippen molar-refractivity contribution in [2.75, 3.05) is 0 Å². The van der Waals surface area contributed by atoms with Crippen LogP contribution in [-0.2, 0) is 0 Å². The number of rotatable bonds is 2. The Labute approximate surface area is 106 Å². The second-order valence-electron chi connectivity index (χ2n) is 4.73. The van der Waals surface area contributed by atoms with Gasteiger partial charge in [-0.3, -0.25) is 10.1 Å². The fourth-order valence-corrected chi connectivity index (χ4v) is 1.76. The van der Waals surface area contributed by atoms with E-state index in [1.54, 1.807) is 6.92 Å². The Morgan fingerprint density at radius 3 is 2.47 bits per heavy atom. The largest absolute Gasteiger partial charge is 0.502 e. The highest BCUT2D eigenvalue weighted by Crippen LogP contribution is 2.33. The Hall–Kier alpha value is -1.23. The van der Waals surface area contributed by atoms with E-state index in [0.29, 0.717) is 6.42 Å². The van der Waals surface area contributed by atoms with Crippen molar-refractivity contribution in [3.05, 3.63) is 45.9 Å². The standard InChI is InChI=1S/C12H17NO3S/c1-4-11(2)5-6-12(3,17)8-10(14)9(7-11)13(15)16/h5-8,14,17H,4H2,1-3H3/b6-5-,9-7+,10-8+. The molecule has 17 heavy (non-hydrogen) atoms. The Kier molecular flexibility index (Phi) is 3.71. The van der Waals surface area contributed by atoms with E-state index in [-0.39, 0.29) is 11.5 Å². The van der Waals surface area contributed by atoms with Crippen molar-refractivity contribution in [2.45, 2.75) is 31.9 Å². The lowest BCUT2D eigenvalue weighted by Gasteiger charge is -2.24. The Bertz CT molecular complexity index is 423. The van der Waals surface area contributed by atoms with E-state index >= 15 is 0 Å². The number of hydrogen-bond acceptors (Lipinski definition) is 4. The van der Waals surface area contributed by atoms with Crippen molar-refractivity contribution in [1.82, 2.24) is 0 Å². The summed E-state index contributed by atoms with van der Waals surface area (Å²) in [6.07, 6.45) is 7.29. The van der Waals surface area contributed by atoms with Gasteiger partial charge in [-0.15, -0.1) is 0 Å². The molecule has 0 aromatic rings. The van der Waals surface area contributed by atoms with Crippen molar-refractivity contribution < 1.29 is 10.0 Å². The summed E-state index contributed by atoms with van der Waals surface area (Å²) in [4.78, 5) is 10.4. The molecule has 0 spiro atoms. The first-order chi connectivity index (χ1) is 7.69. The maximum absolute atomic E-state index is 10.9. The average molecular weight is 255 g/mol. The van der Waals surface area contributed by atoms with Gasteiger partial charge in [0.2, 0.25) is 0 Å². The highest BCUT2D eigenvalue weighted by Gasteiger charge is 2.29. The summed E-state index contributed by atoms with van der Waals surface area (Å²) in [6.45, 7) is 5.59. The third kappa shape index (κ3) is 3.36. The first-order valence-electron chi connectivity index (χ1n) is 5.41. The van der Waals surface area contributed by atoms with Gasteiger partial charge in [0.05, 0.1) is 9.67 Å². The number of thiol groups is 1. The summed E-state index contributed by atoms with van der Waals surface area (Å²) in [5.74, 6) is -0.337. The zero-order valence-corrected chi connectivity index (χ0v) is 11.1. The first-order valence-corrected chi connectivity index (χ1v) is 5.86. The zero-order valence-electron chi connectivity index (χ0n) is 10.2. The Balaban J connectivity index is 3.41. The molecule has 0 aromatic heterocycles. The smallest absolute Gasteiger partial charge is 0.307 e. The molecule has 2 atom stereocenters. The molecular formula is C12H17NO3S. The van der Waals surface area contributed by atoms with Crippen molar-refractivity contribution >= 4 is 12.6 Å². The summed E-state index contributed by atoms with van der Waals surface area (Å²) in [5, 5.41) is 20.7. The van der Waals surface area contributed by atoms with Crippen LogP contribution in [0.25, 0.3) is 0 Å². The third-order valence-corrected chi connectivity index (χ3v) is 3.20. The van der Waals surface area contributed by atoms with Gasteiger partial charge in [0.15, 0.2) is 5.76 Å². The molecule has 0 amide bonds. The van der Waals surface area contributed by atoms with Crippen LogP contribution >= 0.6 is 12.6 Å². The van der Waals surface area contributed by atoms with Gasteiger partial charge in [0.1, 0.15) is 0 Å². The molecule has 4 nitrogen and oxygen atoms in total. The summed E-state index contributed by atoms with van der Waals surface area (Å²) < 4.78 is -0.698. The number of nitrogens with zero attached hydrogens (tertiary/aromatic N) is 1. The number of aliphatic hydroxyl groups is 1. The molecule has 0 aromatic carbocycles. The summed E-state index contributed by atoms with van der Waals surface area (Å²) in [6, 6.07) is 0. The van der Waals surface area contributed by atoms with Gasteiger partial charge in [-0.05, 0) is 19.4 Å². The molecule has 1 N–H and O–H groups in total. The molecule has 5 heteroatoms. The molecule has 0 heterocycles. The van der Waals surface area contributed by atoms with E-state index in [0.717, 1.165) is 0 Å². The molecule has 0 fully saturated rings. The van der Waals surface area contributed by atoms with Gasteiger partial charge < -0.3 is 5.11 Å². The van der Waals surface area contributed by atoms with Crippen LogP contribution in [0.15, 0.2) is 35.8 Å². The summed E-state index contributed by atoms with van der Waals surface area (Å²) in [5.41, 5.74) is -0.715. The summed E-state index contributed by atoms with van der Waals surface area (Å²) >= 11 is 4.35. The molecule has 0 aliphatic heterocycles. The van der Waals surface area contributed by atoms with Crippen LogP contribution in [0.5, 0.6) is 0 Å². The molecule has 0 bridgehead atoms. The van der Waals surface area contributed by atoms with Crippen molar-refractivity contribution in [1.29, 1.82) is 0 Å². The van der Waals surface area contributed by atoms with Crippen molar-refractivity contribution in [2.24, 2.45) is 5.41 Å². The maximum Gasteiger partial charge on any atom is 0.307 e. The number of allylic oxidation sites excluding steroid dienone is 2. The fourth-order valence-electron chi connectivity index (χ4n) is 1.56. The lowest BCUT2D eigenvalue weighted by molar-refractivity contribution is -0.424. The molecule has 1 rings (SSSR count). The predicted octanol–water partition coefficient (Wildman–Crippen LogP) is 3.26. The average Bonchev–Trinajstić information content (AvgIpc) is 2.21. The topological polar surface area (TPSA) is 63.4 Å². The van der Waals surface area contributed by atoms with E-state index < -0.39 is 15.1 Å². The van der Waals surface area contributed by atoms with Crippen LogP contribution in [0.1, 0.15) is 27.2 Å². The van der Waals surface area contributed by atoms with Crippen LogP contribution in [0.3, 0.4) is 0 Å². The lowest BCUT2D eigenvalue weighted by Crippen LogP contribution is -2.20. The van der Waals surface area contributed by atoms with Crippen LogP contribution in [-0.4, -0.2) is 14.8 Å². The van der Waals surface area contributed by atoms with Gasteiger partial charge in [-0.2, -0.15) is 12.6 Å². The molecule has 1 aliphatic rings. The summed E-state index contributed by atoms with van der Waals surface area (Å²) in [7, 11) is 0. The van der Waals surface area contributed by atoms with Gasteiger partial charge in [-0.1, -0.05) is 26.0 Å². The second kappa shape index (κ2) is 4.56. The second-order valence-corrected chi connectivity index (χ2v) is 5.70. The fraction of sp³-hybridized carbons (Fsp3) is 0.500. The van der Waals surface area contributed by atoms with Crippen molar-refractivity contribution in [3.8, 4) is 0 Å². The number of hydrogen-bond donors (Lipinski definition) is 2. The first kappa shape index (κ1) is 13.8. The molecule has 1 aliphatic carbocycles. The van der Waals surface area contributed by atoms with Gasteiger partial charge >= 0.3 is 5.70 Å². The van der Waals surface area contributed by atoms with Crippen LogP contribution in [0.4, 0.5) is 0 Å². The van der Waals surface area contributed by atoms with Crippen molar-refractivity contribution in [3.63, 3.8) is 0 Å². The van der Waals surface area contributed by atoms with Crippen LogP contribution in [0, 0.1) is 15.5 Å². The minimum atomic E-state index is -0.698. The van der Waals surface area contributed by atoms with Gasteiger partial charge in [0.25, 0.3) is 0 Å². The van der Waals surface area contributed by atoms with Gasteiger partial charge in [-0.25, -0.2) is 0 Å². The minimum Gasteiger partial charge on any atom is -0.502 e. The Morgan fingerprint density at radius 2 is 2.00 bits per heavy atom. The van der Waals surface area contributed by atoms with E-state index in [2.05, 4.69) is 12.6 Å². The Morgan fingerprint density at radius 1 is 1.41 bits per heavy atom. The number of aliphatic hydroxyl groups excluding tert-OH is 1. The van der Waals surface area contributed by atoms with E-state index in [4.69, 9.17) is 0 Å².